The summed E-state index contributed by atoms with van der Waals surface area (Å²) in [7, 11) is 0. The van der Waals surface area contributed by atoms with E-state index in [2.05, 4.69) is 27.3 Å². The fraction of sp³-hybridized carbons (Fsp3) is 0.227. The maximum atomic E-state index is 12.6. The average molecular weight is 374 g/mol. The number of ketones is 1. The van der Waals surface area contributed by atoms with Crippen molar-refractivity contribution in [3.05, 3.63) is 77.6 Å². The molecule has 1 aromatic heterocycles. The molecule has 0 unspecified atom stereocenters. The zero-order valence-corrected chi connectivity index (χ0v) is 15.8. The minimum absolute atomic E-state index is 0.156. The Morgan fingerprint density at radius 3 is 2.43 bits per heavy atom. The van der Waals surface area contributed by atoms with Gasteiger partial charge in [-0.15, -0.1) is 5.10 Å². The third-order valence-electron chi connectivity index (χ3n) is 4.83. The highest BCUT2D eigenvalue weighted by Crippen LogP contribution is 2.18. The fourth-order valence-corrected chi connectivity index (χ4v) is 3.24. The largest absolute Gasteiger partial charge is 0.378 e. The molecule has 1 aliphatic heterocycles. The molecule has 0 spiro atoms. The fourth-order valence-electron chi connectivity index (χ4n) is 3.24. The van der Waals surface area contributed by atoms with Crippen molar-refractivity contribution < 1.29 is 9.53 Å². The van der Waals surface area contributed by atoms with E-state index in [4.69, 9.17) is 4.74 Å². The normalized spacial score (nSPS) is 14.5. The molecule has 0 N–H and O–H groups in total. The Morgan fingerprint density at radius 2 is 1.71 bits per heavy atom. The smallest absolute Gasteiger partial charge is 0.208 e. The van der Waals surface area contributed by atoms with Crippen LogP contribution in [0.15, 0.2) is 60.7 Å². The molecule has 0 radical (unpaired) electrons. The number of hydrogen-bond donors (Lipinski definition) is 0. The zero-order chi connectivity index (χ0) is 19.3. The van der Waals surface area contributed by atoms with E-state index < -0.39 is 0 Å². The second-order valence-electron chi connectivity index (χ2n) is 6.66. The van der Waals surface area contributed by atoms with E-state index in [1.54, 1.807) is 10.8 Å². The van der Waals surface area contributed by atoms with Crippen molar-refractivity contribution in [2.45, 2.75) is 6.92 Å². The number of anilines is 1. The Balaban J connectivity index is 1.46. The molecular formula is C22H22N4O2. The molecule has 0 aliphatic carbocycles. The maximum Gasteiger partial charge on any atom is 0.208 e. The van der Waals surface area contributed by atoms with Gasteiger partial charge in [0.15, 0.2) is 5.69 Å². The molecule has 4 rings (SSSR count). The third kappa shape index (κ3) is 3.87. The zero-order valence-electron chi connectivity index (χ0n) is 15.8. The summed E-state index contributed by atoms with van der Waals surface area (Å²) in [5.74, 6) is -0.156. The predicted octanol–water partition coefficient (Wildman–Crippen LogP) is 3.31. The first-order valence-electron chi connectivity index (χ1n) is 9.35. The molecule has 1 aliphatic rings. The van der Waals surface area contributed by atoms with Gasteiger partial charge in [-0.1, -0.05) is 41.6 Å². The molecule has 2 aromatic carbocycles. The van der Waals surface area contributed by atoms with Crippen LogP contribution in [0.4, 0.5) is 5.69 Å². The van der Waals surface area contributed by atoms with Crippen molar-refractivity contribution in [2.75, 3.05) is 31.2 Å². The summed E-state index contributed by atoms with van der Waals surface area (Å²) in [5.41, 5.74) is 4.12. The lowest BCUT2D eigenvalue weighted by molar-refractivity contribution is 0.104. The van der Waals surface area contributed by atoms with Gasteiger partial charge in [-0.3, -0.25) is 4.79 Å². The summed E-state index contributed by atoms with van der Waals surface area (Å²) in [6.45, 7) is 5.19. The Labute approximate surface area is 164 Å². The molecule has 0 atom stereocenters. The first-order chi connectivity index (χ1) is 13.7. The van der Waals surface area contributed by atoms with Gasteiger partial charge in [-0.2, -0.15) is 0 Å². The van der Waals surface area contributed by atoms with E-state index in [-0.39, 0.29) is 5.78 Å². The van der Waals surface area contributed by atoms with Gasteiger partial charge in [0.2, 0.25) is 5.78 Å². The van der Waals surface area contributed by atoms with Crippen LogP contribution in [-0.4, -0.2) is 47.1 Å². The second kappa shape index (κ2) is 8.19. The highest BCUT2D eigenvalue weighted by Gasteiger charge is 2.15. The molecule has 1 saturated heterocycles. The summed E-state index contributed by atoms with van der Waals surface area (Å²) in [6.07, 6.45) is 3.36. The topological polar surface area (TPSA) is 60.3 Å². The van der Waals surface area contributed by atoms with Gasteiger partial charge < -0.3 is 9.64 Å². The standard InChI is InChI=1S/C22H22N4O2/c1-17-22(23-24-26(17)20-5-3-2-4-6-20)21(27)12-9-18-7-10-19(11-8-18)25-13-15-28-16-14-25/h2-12H,13-16H2,1H3. The summed E-state index contributed by atoms with van der Waals surface area (Å²) in [4.78, 5) is 14.9. The van der Waals surface area contributed by atoms with Crippen LogP contribution >= 0.6 is 0 Å². The predicted molar refractivity (Wildman–Crippen MR) is 109 cm³/mol. The highest BCUT2D eigenvalue weighted by molar-refractivity contribution is 6.06. The number of nitrogens with zero attached hydrogens (tertiary/aromatic N) is 4. The third-order valence-corrected chi connectivity index (χ3v) is 4.83. The summed E-state index contributed by atoms with van der Waals surface area (Å²) in [5, 5.41) is 8.19. The lowest BCUT2D eigenvalue weighted by Crippen LogP contribution is -2.36. The van der Waals surface area contributed by atoms with Gasteiger partial charge in [0.25, 0.3) is 0 Å². The van der Waals surface area contributed by atoms with Crippen LogP contribution in [0.2, 0.25) is 0 Å². The van der Waals surface area contributed by atoms with Crippen LogP contribution in [0.5, 0.6) is 0 Å². The van der Waals surface area contributed by atoms with E-state index in [9.17, 15) is 4.79 Å². The molecule has 6 nitrogen and oxygen atoms in total. The van der Waals surface area contributed by atoms with E-state index in [1.165, 1.54) is 5.69 Å². The lowest BCUT2D eigenvalue weighted by atomic mass is 10.1. The number of aromatic nitrogens is 3. The number of rotatable bonds is 5. The molecule has 0 amide bonds. The van der Waals surface area contributed by atoms with Crippen LogP contribution < -0.4 is 4.90 Å². The van der Waals surface area contributed by atoms with E-state index in [0.29, 0.717) is 5.69 Å². The number of carbonyl (C=O) groups excluding carboxylic acids is 1. The molecule has 6 heteroatoms. The monoisotopic (exact) mass is 374 g/mol. The number of carbonyl (C=O) groups is 1. The average Bonchev–Trinajstić information content (AvgIpc) is 3.15. The SMILES string of the molecule is Cc1c(C(=O)C=Cc2ccc(N3CCOCC3)cc2)nnn1-c1ccccc1. The maximum absolute atomic E-state index is 12.6. The minimum Gasteiger partial charge on any atom is -0.378 e. The molecule has 3 aromatic rings. The number of allylic oxidation sites excluding steroid dienone is 1. The lowest BCUT2D eigenvalue weighted by Gasteiger charge is -2.28. The number of hydrogen-bond acceptors (Lipinski definition) is 5. The van der Waals surface area contributed by atoms with Gasteiger partial charge in [-0.25, -0.2) is 4.68 Å². The molecule has 0 bridgehead atoms. The Bertz CT molecular complexity index is 972. The van der Waals surface area contributed by atoms with Crippen molar-refractivity contribution in [2.24, 2.45) is 0 Å². The summed E-state index contributed by atoms with van der Waals surface area (Å²) in [6, 6.07) is 17.8. The summed E-state index contributed by atoms with van der Waals surface area (Å²) < 4.78 is 7.07. The van der Waals surface area contributed by atoms with Crippen molar-refractivity contribution in [1.29, 1.82) is 0 Å². The second-order valence-corrected chi connectivity index (χ2v) is 6.66. The Hall–Kier alpha value is -3.25. The van der Waals surface area contributed by atoms with Crippen LogP contribution in [0.1, 0.15) is 21.7 Å². The quantitative estimate of drug-likeness (QED) is 0.507. The molecule has 142 valence electrons. The molecule has 28 heavy (non-hydrogen) atoms. The molecule has 2 heterocycles. The number of benzene rings is 2. The Kier molecular flexibility index (Phi) is 5.30. The Morgan fingerprint density at radius 1 is 1.00 bits per heavy atom. The van der Waals surface area contributed by atoms with Gasteiger partial charge in [-0.05, 0) is 42.8 Å². The molecule has 1 fully saturated rings. The number of morpholine rings is 1. The van der Waals surface area contributed by atoms with Crippen molar-refractivity contribution in [1.82, 2.24) is 15.0 Å². The van der Waals surface area contributed by atoms with Crippen molar-refractivity contribution in [3.8, 4) is 5.69 Å². The van der Waals surface area contributed by atoms with Crippen LogP contribution in [0.25, 0.3) is 11.8 Å². The number of para-hydroxylation sites is 1. The van der Waals surface area contributed by atoms with E-state index >= 15 is 0 Å². The first-order valence-corrected chi connectivity index (χ1v) is 9.35. The van der Waals surface area contributed by atoms with Crippen LogP contribution in [0.3, 0.4) is 0 Å². The van der Waals surface area contributed by atoms with Crippen molar-refractivity contribution in [3.63, 3.8) is 0 Å². The highest BCUT2D eigenvalue weighted by atomic mass is 16.5. The van der Waals surface area contributed by atoms with Crippen molar-refractivity contribution >= 4 is 17.5 Å². The van der Waals surface area contributed by atoms with Gasteiger partial charge >= 0.3 is 0 Å². The minimum atomic E-state index is -0.156. The first kappa shape index (κ1) is 18.1. The molecular weight excluding hydrogens is 352 g/mol. The van der Waals surface area contributed by atoms with Crippen LogP contribution in [0, 0.1) is 6.92 Å². The van der Waals surface area contributed by atoms with Gasteiger partial charge in [0, 0.05) is 18.8 Å². The summed E-state index contributed by atoms with van der Waals surface area (Å²) >= 11 is 0. The molecule has 0 saturated carbocycles. The van der Waals surface area contributed by atoms with Gasteiger partial charge in [0.1, 0.15) is 0 Å². The number of ether oxygens (including phenoxy) is 1. The van der Waals surface area contributed by atoms with E-state index in [0.717, 1.165) is 43.2 Å². The van der Waals surface area contributed by atoms with Crippen LogP contribution in [-0.2, 0) is 4.74 Å². The van der Waals surface area contributed by atoms with Gasteiger partial charge in [0.05, 0.1) is 24.6 Å². The van der Waals surface area contributed by atoms with E-state index in [1.807, 2.05) is 55.5 Å².